The average molecular weight is 410 g/mol. The third kappa shape index (κ3) is 3.64. The van der Waals surface area contributed by atoms with E-state index in [1.165, 1.54) is 0 Å². The van der Waals surface area contributed by atoms with Crippen molar-refractivity contribution in [3.63, 3.8) is 0 Å². The zero-order valence-corrected chi connectivity index (χ0v) is 17.1. The van der Waals surface area contributed by atoms with Crippen LogP contribution < -0.4 is 5.56 Å². The van der Waals surface area contributed by atoms with Gasteiger partial charge in [-0.05, 0) is 41.5 Å². The topological polar surface area (TPSA) is 75.8 Å². The maximum Gasteiger partial charge on any atom is 0.258 e. The van der Waals surface area contributed by atoms with E-state index >= 15 is 0 Å². The van der Waals surface area contributed by atoms with Crippen LogP contribution in [0.1, 0.15) is 22.6 Å². The minimum absolute atomic E-state index is 0.0404. The van der Waals surface area contributed by atoms with Gasteiger partial charge >= 0.3 is 0 Å². The minimum Gasteiger partial charge on any atom is -0.508 e. The fraction of sp³-hybridized carbons (Fsp3) is 0.120. The van der Waals surface area contributed by atoms with Gasteiger partial charge in [-0.25, -0.2) is 4.98 Å². The number of rotatable bonds is 5. The predicted octanol–water partition coefficient (Wildman–Crippen LogP) is 3.89. The highest BCUT2D eigenvalue weighted by atomic mass is 16.3. The van der Waals surface area contributed by atoms with E-state index in [9.17, 15) is 9.90 Å². The summed E-state index contributed by atoms with van der Waals surface area (Å²) in [5, 5.41) is 9.64. The molecule has 0 bridgehead atoms. The second-order valence-electron chi connectivity index (χ2n) is 7.72. The van der Waals surface area contributed by atoms with Crippen LogP contribution in [0.25, 0.3) is 16.9 Å². The lowest BCUT2D eigenvalue weighted by Crippen LogP contribution is -2.18. The van der Waals surface area contributed by atoms with Gasteiger partial charge in [0.1, 0.15) is 11.6 Å². The molecule has 0 unspecified atom stereocenters. The first kappa shape index (κ1) is 18.9. The fourth-order valence-corrected chi connectivity index (χ4v) is 3.90. The predicted molar refractivity (Wildman–Crippen MR) is 120 cm³/mol. The highest BCUT2D eigenvalue weighted by molar-refractivity contribution is 5.62. The van der Waals surface area contributed by atoms with Crippen molar-refractivity contribution < 1.29 is 5.11 Å². The van der Waals surface area contributed by atoms with E-state index in [2.05, 4.69) is 22.1 Å². The molecule has 2 aliphatic heterocycles. The molecule has 2 N–H and O–H groups in total. The number of H-pyrrole nitrogens is 1. The molecule has 0 atom stereocenters. The molecule has 31 heavy (non-hydrogen) atoms. The van der Waals surface area contributed by atoms with E-state index in [0.717, 1.165) is 34.0 Å². The van der Waals surface area contributed by atoms with Crippen LogP contribution in [0, 0.1) is 0 Å². The number of hydrogen-bond donors (Lipinski definition) is 2. The maximum atomic E-state index is 13.3. The Morgan fingerprint density at radius 3 is 2.52 bits per heavy atom. The zero-order chi connectivity index (χ0) is 21.4. The minimum atomic E-state index is -0.0404. The lowest BCUT2D eigenvalue weighted by molar-refractivity contribution is 0.475. The van der Waals surface area contributed by atoms with Crippen LogP contribution in [0.2, 0.25) is 0 Å². The molecule has 5 rings (SSSR count). The molecule has 3 aromatic rings. The van der Waals surface area contributed by atoms with Gasteiger partial charge < -0.3 is 14.7 Å². The SMILES string of the molecule is Cn1ccnc1Cc1cc2c(Cc3ccccc3)[nH]c(-c3ccc(O)cc3)cn-2c1=O. The zero-order valence-electron chi connectivity index (χ0n) is 17.1. The summed E-state index contributed by atoms with van der Waals surface area (Å²) in [6, 6.07) is 19.1. The molecule has 6 nitrogen and oxygen atoms in total. The number of aromatic hydroxyl groups is 1. The molecule has 0 fully saturated rings. The number of fused-ring (bicyclic) bond motifs is 1. The van der Waals surface area contributed by atoms with Crippen LogP contribution in [-0.2, 0) is 19.9 Å². The van der Waals surface area contributed by atoms with E-state index in [1.807, 2.05) is 60.4 Å². The van der Waals surface area contributed by atoms with Crippen LogP contribution in [0.3, 0.4) is 0 Å². The molecular formula is C25H22N4O2. The number of aryl methyl sites for hydroxylation is 1. The summed E-state index contributed by atoms with van der Waals surface area (Å²) in [5.41, 5.74) is 5.35. The largest absolute Gasteiger partial charge is 0.508 e. The number of benzene rings is 2. The number of hydrogen-bond acceptors (Lipinski definition) is 3. The van der Waals surface area contributed by atoms with Crippen molar-refractivity contribution in [2.24, 2.45) is 7.05 Å². The van der Waals surface area contributed by atoms with Crippen molar-refractivity contribution in [3.05, 3.63) is 112 Å². The van der Waals surface area contributed by atoms with Gasteiger partial charge in [-0.15, -0.1) is 0 Å². The van der Waals surface area contributed by atoms with Crippen molar-refractivity contribution in [2.75, 3.05) is 0 Å². The van der Waals surface area contributed by atoms with Crippen LogP contribution >= 0.6 is 0 Å². The summed E-state index contributed by atoms with van der Waals surface area (Å²) < 4.78 is 3.65. The molecule has 1 aromatic heterocycles. The first-order valence-electron chi connectivity index (χ1n) is 10.1. The summed E-state index contributed by atoms with van der Waals surface area (Å²) >= 11 is 0. The number of phenolic OH excluding ortho intramolecular Hbond substituents is 1. The van der Waals surface area contributed by atoms with Gasteiger partial charge in [0, 0.05) is 49.7 Å². The van der Waals surface area contributed by atoms with Crippen molar-refractivity contribution in [1.29, 1.82) is 0 Å². The molecular weight excluding hydrogens is 388 g/mol. The van der Waals surface area contributed by atoms with Gasteiger partial charge in [0.2, 0.25) is 0 Å². The Hall–Kier alpha value is -4.06. The Bertz CT molecular complexity index is 1360. The number of phenols is 1. The number of aromatic nitrogens is 4. The van der Waals surface area contributed by atoms with Gasteiger partial charge in [-0.1, -0.05) is 30.3 Å². The lowest BCUT2D eigenvalue weighted by Gasteiger charge is -2.14. The van der Waals surface area contributed by atoms with Gasteiger partial charge in [0.05, 0.1) is 11.4 Å². The third-order valence-electron chi connectivity index (χ3n) is 5.59. The number of nitrogens with one attached hydrogen (secondary N) is 1. The summed E-state index contributed by atoms with van der Waals surface area (Å²) in [4.78, 5) is 21.2. The molecule has 6 heteroatoms. The maximum absolute atomic E-state index is 13.3. The molecule has 154 valence electrons. The van der Waals surface area contributed by atoms with Gasteiger partial charge in [0.15, 0.2) is 0 Å². The first-order valence-corrected chi connectivity index (χ1v) is 10.1. The number of nitrogens with zero attached hydrogens (tertiary/aromatic N) is 3. The average Bonchev–Trinajstić information content (AvgIpc) is 3.33. The van der Waals surface area contributed by atoms with Gasteiger partial charge in [-0.3, -0.25) is 9.36 Å². The Morgan fingerprint density at radius 1 is 1.03 bits per heavy atom. The highest BCUT2D eigenvalue weighted by Crippen LogP contribution is 2.26. The van der Waals surface area contributed by atoms with Crippen molar-refractivity contribution in [2.45, 2.75) is 12.8 Å². The Labute approximate surface area is 179 Å². The molecule has 0 saturated carbocycles. The quantitative estimate of drug-likeness (QED) is 0.462. The smallest absolute Gasteiger partial charge is 0.258 e. The lowest BCUT2D eigenvalue weighted by atomic mass is 10.1. The van der Waals surface area contributed by atoms with Crippen molar-refractivity contribution in [3.8, 4) is 22.7 Å². The molecule has 0 aliphatic carbocycles. The van der Waals surface area contributed by atoms with Crippen molar-refractivity contribution >= 4 is 0 Å². The van der Waals surface area contributed by atoms with Crippen LogP contribution in [-0.4, -0.2) is 24.2 Å². The van der Waals surface area contributed by atoms with E-state index in [4.69, 9.17) is 0 Å². The highest BCUT2D eigenvalue weighted by Gasteiger charge is 2.19. The van der Waals surface area contributed by atoms with Gasteiger partial charge in [-0.2, -0.15) is 0 Å². The Kier molecular flexibility index (Phi) is 4.67. The summed E-state index contributed by atoms with van der Waals surface area (Å²) in [5.74, 6) is 1.05. The van der Waals surface area contributed by atoms with Gasteiger partial charge in [0.25, 0.3) is 5.56 Å². The molecule has 2 aromatic carbocycles. The van der Waals surface area contributed by atoms with E-state index in [-0.39, 0.29) is 11.3 Å². The monoisotopic (exact) mass is 410 g/mol. The van der Waals surface area contributed by atoms with Crippen LogP contribution in [0.4, 0.5) is 0 Å². The standard InChI is InChI=1S/C25H22N4O2/c1-28-12-11-26-24(28)15-19-14-23-21(13-17-5-3-2-4-6-17)27-22(16-29(23)25(19)31)18-7-9-20(30)10-8-18/h2-12,14,16,27,30H,13,15H2,1H3. The fourth-order valence-electron chi connectivity index (χ4n) is 3.90. The molecule has 3 heterocycles. The molecule has 0 saturated heterocycles. The van der Waals surface area contributed by atoms with E-state index in [0.29, 0.717) is 18.4 Å². The molecule has 0 radical (unpaired) electrons. The van der Waals surface area contributed by atoms with E-state index < -0.39 is 0 Å². The molecule has 0 amide bonds. The normalized spacial score (nSPS) is 11.3. The van der Waals surface area contributed by atoms with Crippen LogP contribution in [0.15, 0.2) is 84.0 Å². The first-order chi connectivity index (χ1) is 15.1. The van der Waals surface area contributed by atoms with Crippen molar-refractivity contribution in [1.82, 2.24) is 19.1 Å². The number of aromatic amines is 1. The number of imidazole rings is 1. The second kappa shape index (κ2) is 7.65. The van der Waals surface area contributed by atoms with Crippen LogP contribution in [0.5, 0.6) is 5.75 Å². The summed E-state index contributed by atoms with van der Waals surface area (Å²) in [6.45, 7) is 0. The second-order valence-corrected chi connectivity index (χ2v) is 7.72. The third-order valence-corrected chi connectivity index (χ3v) is 5.59. The molecule has 0 spiro atoms. The Balaban J connectivity index is 1.66. The summed E-state index contributed by atoms with van der Waals surface area (Å²) in [7, 11) is 1.93. The Morgan fingerprint density at radius 2 is 1.81 bits per heavy atom. The van der Waals surface area contributed by atoms with E-state index in [1.54, 1.807) is 22.9 Å². The molecule has 2 aliphatic rings. The summed E-state index contributed by atoms with van der Waals surface area (Å²) in [6.07, 6.45) is 6.60.